The van der Waals surface area contributed by atoms with E-state index in [0.29, 0.717) is 18.6 Å². The van der Waals surface area contributed by atoms with Gasteiger partial charge in [0.05, 0.1) is 18.7 Å². The summed E-state index contributed by atoms with van der Waals surface area (Å²) in [6.07, 6.45) is 1.54. The fraction of sp³-hybridized carbons (Fsp3) is 0.500. The van der Waals surface area contributed by atoms with Crippen LogP contribution in [0.25, 0.3) is 16.6 Å². The summed E-state index contributed by atoms with van der Waals surface area (Å²) in [5.74, 6) is -0.0137. The van der Waals surface area contributed by atoms with E-state index in [0.717, 1.165) is 55.9 Å². The average Bonchev–Trinajstić information content (AvgIpc) is 3.07. The van der Waals surface area contributed by atoms with Gasteiger partial charge in [-0.05, 0) is 38.4 Å². The molecule has 4 rings (SSSR count). The van der Waals surface area contributed by atoms with Crippen molar-refractivity contribution in [1.82, 2.24) is 24.4 Å². The third-order valence-corrected chi connectivity index (χ3v) is 5.73. The van der Waals surface area contributed by atoms with Gasteiger partial charge in [0.15, 0.2) is 5.65 Å². The Balaban J connectivity index is 1.57. The van der Waals surface area contributed by atoms with Crippen LogP contribution in [0.15, 0.2) is 35.1 Å². The smallest absolute Gasteiger partial charge is 0.273 e. The number of benzene rings is 1. The molecule has 1 aliphatic heterocycles. The minimum atomic E-state index is -0.390. The number of nitrogens with one attached hydrogen (secondary N) is 1. The Morgan fingerprint density at radius 3 is 2.80 bits per heavy atom. The lowest BCUT2D eigenvalue weighted by Crippen LogP contribution is -2.39. The van der Waals surface area contributed by atoms with Gasteiger partial charge in [-0.1, -0.05) is 19.1 Å². The molecule has 1 N–H and O–H groups in total. The van der Waals surface area contributed by atoms with Crippen molar-refractivity contribution in [1.29, 1.82) is 0 Å². The van der Waals surface area contributed by atoms with Crippen LogP contribution in [0.4, 0.5) is 0 Å². The highest BCUT2D eigenvalue weighted by Crippen LogP contribution is 2.26. The quantitative estimate of drug-likeness (QED) is 0.599. The monoisotopic (exact) mass is 411 g/mol. The molecule has 8 heteroatoms. The molecule has 0 unspecified atom stereocenters. The Labute approximate surface area is 175 Å². The molecule has 1 atom stereocenters. The first-order valence-corrected chi connectivity index (χ1v) is 10.7. The normalized spacial score (nSPS) is 16.2. The van der Waals surface area contributed by atoms with E-state index < -0.39 is 6.04 Å². The SMILES string of the molecule is CC[C@@H](C(=O)NCCCN1CCOCC1)n1c2ccccc2c2nc(=O)cc(C)n21. The molecule has 0 aliphatic carbocycles. The molecule has 1 aromatic carbocycles. The van der Waals surface area contributed by atoms with Crippen LogP contribution in [0.3, 0.4) is 0 Å². The number of nitrogens with zero attached hydrogens (tertiary/aromatic N) is 4. The fourth-order valence-electron chi connectivity index (χ4n) is 4.24. The van der Waals surface area contributed by atoms with Crippen LogP contribution in [-0.2, 0) is 9.53 Å². The number of ether oxygens (including phenoxy) is 1. The predicted octanol–water partition coefficient (Wildman–Crippen LogP) is 1.75. The van der Waals surface area contributed by atoms with Crippen molar-refractivity contribution in [2.24, 2.45) is 0 Å². The van der Waals surface area contributed by atoms with E-state index in [1.807, 2.05) is 47.3 Å². The molecule has 0 bridgehead atoms. The summed E-state index contributed by atoms with van der Waals surface area (Å²) in [5.41, 5.74) is 1.99. The van der Waals surface area contributed by atoms with Gasteiger partial charge < -0.3 is 10.1 Å². The number of rotatable bonds is 7. The van der Waals surface area contributed by atoms with Gasteiger partial charge in [0.2, 0.25) is 5.91 Å². The zero-order chi connectivity index (χ0) is 21.1. The number of aryl methyl sites for hydroxylation is 1. The molecule has 2 aromatic heterocycles. The number of amides is 1. The van der Waals surface area contributed by atoms with Crippen LogP contribution in [-0.4, -0.2) is 64.4 Å². The van der Waals surface area contributed by atoms with Crippen molar-refractivity contribution in [2.45, 2.75) is 32.7 Å². The lowest BCUT2D eigenvalue weighted by Gasteiger charge is -2.26. The first kappa shape index (κ1) is 20.6. The number of hydrogen-bond donors (Lipinski definition) is 1. The number of carbonyl (C=O) groups is 1. The molecule has 0 saturated carbocycles. The standard InChI is InChI=1S/C22H29N5O3/c1-3-18(22(29)23-9-6-10-25-11-13-30-14-12-25)27-19-8-5-4-7-17(19)21-24-20(28)15-16(2)26(21)27/h4-5,7-8,15,18H,3,6,9-14H2,1-2H3,(H,23,29)/t18-/m0/s1. The molecule has 3 heterocycles. The zero-order valence-electron chi connectivity index (χ0n) is 17.6. The summed E-state index contributed by atoms with van der Waals surface area (Å²) < 4.78 is 9.25. The van der Waals surface area contributed by atoms with Crippen molar-refractivity contribution in [2.75, 3.05) is 39.4 Å². The second-order valence-corrected chi connectivity index (χ2v) is 7.76. The lowest BCUT2D eigenvalue weighted by molar-refractivity contribution is -0.124. The van der Waals surface area contributed by atoms with Crippen LogP contribution < -0.4 is 10.9 Å². The Morgan fingerprint density at radius 2 is 2.03 bits per heavy atom. The maximum atomic E-state index is 13.1. The van der Waals surface area contributed by atoms with Gasteiger partial charge in [0.25, 0.3) is 5.56 Å². The lowest BCUT2D eigenvalue weighted by atomic mass is 10.2. The molecule has 1 fully saturated rings. The first-order chi connectivity index (χ1) is 14.6. The van der Waals surface area contributed by atoms with Crippen molar-refractivity contribution in [3.8, 4) is 0 Å². The van der Waals surface area contributed by atoms with Crippen molar-refractivity contribution in [3.63, 3.8) is 0 Å². The van der Waals surface area contributed by atoms with Crippen LogP contribution >= 0.6 is 0 Å². The van der Waals surface area contributed by atoms with Gasteiger partial charge in [0.1, 0.15) is 6.04 Å². The third-order valence-electron chi connectivity index (χ3n) is 5.73. The number of morpholine rings is 1. The number of fused-ring (bicyclic) bond motifs is 3. The molecule has 160 valence electrons. The molecule has 1 amide bonds. The van der Waals surface area contributed by atoms with Crippen LogP contribution in [0.5, 0.6) is 0 Å². The third kappa shape index (κ3) is 3.97. The van der Waals surface area contributed by atoms with Crippen LogP contribution in [0.1, 0.15) is 31.5 Å². The molecule has 0 radical (unpaired) electrons. The molecule has 30 heavy (non-hydrogen) atoms. The van der Waals surface area contributed by atoms with Gasteiger partial charge in [-0.25, -0.2) is 4.52 Å². The topological polar surface area (TPSA) is 80.9 Å². The maximum Gasteiger partial charge on any atom is 0.273 e. The Bertz CT molecular complexity index is 1100. The minimum Gasteiger partial charge on any atom is -0.379 e. The second-order valence-electron chi connectivity index (χ2n) is 7.76. The van der Waals surface area contributed by atoms with E-state index in [9.17, 15) is 9.59 Å². The number of para-hydroxylation sites is 1. The van der Waals surface area contributed by atoms with E-state index in [-0.39, 0.29) is 11.5 Å². The average molecular weight is 412 g/mol. The van der Waals surface area contributed by atoms with Crippen molar-refractivity contribution >= 4 is 22.5 Å². The number of aromatic nitrogens is 3. The summed E-state index contributed by atoms with van der Waals surface area (Å²) in [6, 6.07) is 8.91. The fourth-order valence-corrected chi connectivity index (χ4v) is 4.24. The van der Waals surface area contributed by atoms with Gasteiger partial charge in [-0.3, -0.25) is 19.2 Å². The summed E-state index contributed by atoms with van der Waals surface area (Å²) in [5, 5.41) is 3.98. The Hall–Kier alpha value is -2.71. The predicted molar refractivity (Wildman–Crippen MR) is 116 cm³/mol. The highest BCUT2D eigenvalue weighted by Gasteiger charge is 2.24. The summed E-state index contributed by atoms with van der Waals surface area (Å²) >= 11 is 0. The molecule has 1 aliphatic rings. The van der Waals surface area contributed by atoms with Gasteiger partial charge in [-0.2, -0.15) is 4.98 Å². The van der Waals surface area contributed by atoms with E-state index in [4.69, 9.17) is 4.74 Å². The maximum absolute atomic E-state index is 13.1. The van der Waals surface area contributed by atoms with E-state index in [1.165, 1.54) is 6.07 Å². The molecular formula is C22H29N5O3. The van der Waals surface area contributed by atoms with Gasteiger partial charge in [-0.15, -0.1) is 0 Å². The van der Waals surface area contributed by atoms with Crippen LogP contribution in [0.2, 0.25) is 0 Å². The van der Waals surface area contributed by atoms with Crippen molar-refractivity contribution < 1.29 is 9.53 Å². The second kappa shape index (κ2) is 8.97. The Morgan fingerprint density at radius 1 is 1.27 bits per heavy atom. The van der Waals surface area contributed by atoms with Crippen LogP contribution in [0, 0.1) is 6.92 Å². The largest absolute Gasteiger partial charge is 0.379 e. The minimum absolute atomic E-state index is 0.0137. The molecule has 1 saturated heterocycles. The summed E-state index contributed by atoms with van der Waals surface area (Å²) in [4.78, 5) is 31.7. The number of hydrogen-bond acceptors (Lipinski definition) is 5. The highest BCUT2D eigenvalue weighted by molar-refractivity contribution is 5.94. The molecular weight excluding hydrogens is 382 g/mol. The highest BCUT2D eigenvalue weighted by atomic mass is 16.5. The first-order valence-electron chi connectivity index (χ1n) is 10.7. The van der Waals surface area contributed by atoms with Crippen molar-refractivity contribution in [3.05, 3.63) is 46.4 Å². The van der Waals surface area contributed by atoms with E-state index in [1.54, 1.807) is 0 Å². The van der Waals surface area contributed by atoms with E-state index in [2.05, 4.69) is 15.2 Å². The molecule has 8 nitrogen and oxygen atoms in total. The summed E-state index contributed by atoms with van der Waals surface area (Å²) in [7, 11) is 0. The van der Waals surface area contributed by atoms with E-state index >= 15 is 0 Å². The van der Waals surface area contributed by atoms with Gasteiger partial charge >= 0.3 is 0 Å². The molecule has 3 aromatic rings. The zero-order valence-corrected chi connectivity index (χ0v) is 17.6. The number of carbonyl (C=O) groups excluding carboxylic acids is 1. The Kier molecular flexibility index (Phi) is 6.15. The summed E-state index contributed by atoms with van der Waals surface area (Å²) in [6.45, 7) is 8.95. The van der Waals surface area contributed by atoms with Gasteiger partial charge in [0, 0.05) is 36.8 Å². The molecule has 0 spiro atoms.